The molecule has 2 aliphatic heterocycles. The van der Waals surface area contributed by atoms with Crippen LogP contribution in [0, 0.1) is 29.6 Å². The number of nitrogens with two attached hydrogens (primary N) is 1. The number of amides is 12. The van der Waals surface area contributed by atoms with Crippen LogP contribution in [0.25, 0.3) is 0 Å². The van der Waals surface area contributed by atoms with Crippen molar-refractivity contribution in [3.05, 3.63) is 0 Å². The third-order valence-electron chi connectivity index (χ3n) is 14.7. The van der Waals surface area contributed by atoms with Crippen LogP contribution in [0.15, 0.2) is 0 Å². The minimum absolute atomic E-state index is 0.0534. The highest BCUT2D eigenvalue weighted by Crippen LogP contribution is 2.25. The second-order valence-electron chi connectivity index (χ2n) is 25.1. The molecule has 12 N–H and O–H groups in total. The Labute approximate surface area is 478 Å². The quantitative estimate of drug-likeness (QED) is 0.0448. The number of carbonyl (C=O) groups excluding carboxylic acids is 12. The third-order valence-corrected chi connectivity index (χ3v) is 14.7. The minimum atomic E-state index is -1.66. The van der Waals surface area contributed by atoms with Gasteiger partial charge in [0.15, 0.2) is 0 Å². The smallest absolute Gasteiger partial charge is 0.248 e. The zero-order chi connectivity index (χ0) is 62.2. The number of likely N-dealkylation sites (tertiary alicyclic amines) is 2. The largest absolute Gasteiger partial charge is 0.394 e. The van der Waals surface area contributed by atoms with Crippen molar-refractivity contribution in [3.63, 3.8) is 0 Å². The van der Waals surface area contributed by atoms with Gasteiger partial charge in [-0.05, 0) is 110 Å². The lowest BCUT2D eigenvalue weighted by molar-refractivity contribution is -0.146. The third kappa shape index (κ3) is 20.8. The van der Waals surface area contributed by atoms with Crippen LogP contribution in [-0.2, 0) is 57.5 Å². The summed E-state index contributed by atoms with van der Waals surface area (Å²) in [7, 11) is 0. The molecule has 0 unspecified atom stereocenters. The van der Waals surface area contributed by atoms with E-state index in [1.54, 1.807) is 27.7 Å². The van der Waals surface area contributed by atoms with Gasteiger partial charge in [-0.2, -0.15) is 0 Å². The molecule has 0 spiro atoms. The maximum absolute atomic E-state index is 14.5. The fourth-order valence-electron chi connectivity index (χ4n) is 9.80. The van der Waals surface area contributed by atoms with Crippen molar-refractivity contribution >= 4 is 70.9 Å². The summed E-state index contributed by atoms with van der Waals surface area (Å²) in [4.78, 5) is 166. The van der Waals surface area contributed by atoms with Crippen molar-refractivity contribution in [2.24, 2.45) is 35.3 Å². The van der Waals surface area contributed by atoms with Gasteiger partial charge in [0.25, 0.3) is 0 Å². The molecule has 2 rings (SSSR count). The molecule has 2 heterocycles. The number of nitrogens with one attached hydrogen (secondary N) is 9. The van der Waals surface area contributed by atoms with Gasteiger partial charge in [0.2, 0.25) is 70.9 Å². The Bertz CT molecular complexity index is 2280. The van der Waals surface area contributed by atoms with E-state index in [-0.39, 0.29) is 56.7 Å². The molecular formula is C56H98N12O13. The van der Waals surface area contributed by atoms with Gasteiger partial charge in [-0.1, -0.05) is 75.7 Å². The second kappa shape index (κ2) is 30.6. The summed E-state index contributed by atoms with van der Waals surface area (Å²) in [6.45, 7) is 28.0. The van der Waals surface area contributed by atoms with Gasteiger partial charge in [-0.3, -0.25) is 57.5 Å². The topological polar surface area (TPSA) is 366 Å². The Hall–Kier alpha value is -6.40. The minimum Gasteiger partial charge on any atom is -0.394 e. The molecule has 0 bridgehead atoms. The Morgan fingerprint density at radius 3 is 1.40 bits per heavy atom. The first kappa shape index (κ1) is 70.7. The summed E-state index contributed by atoms with van der Waals surface area (Å²) in [5, 5.41) is 34.0. The first-order chi connectivity index (χ1) is 37.3. The zero-order valence-electron chi connectivity index (χ0n) is 51.1. The molecular weight excluding hydrogens is 1050 g/mol. The number of hydrogen-bond acceptors (Lipinski definition) is 13. The molecule has 0 aromatic heterocycles. The maximum atomic E-state index is 14.5. The Morgan fingerprint density at radius 1 is 0.531 bits per heavy atom. The summed E-state index contributed by atoms with van der Waals surface area (Å²) < 4.78 is 0. The van der Waals surface area contributed by atoms with Gasteiger partial charge >= 0.3 is 0 Å². The molecule has 12 amide bonds. The number of aliphatic hydroxyl groups is 1. The molecule has 2 aliphatic rings. The van der Waals surface area contributed by atoms with Crippen molar-refractivity contribution < 1.29 is 62.6 Å². The van der Waals surface area contributed by atoms with Crippen LogP contribution in [-0.4, -0.2) is 170 Å². The Balaban J connectivity index is 2.29. The summed E-state index contributed by atoms with van der Waals surface area (Å²) in [6.07, 6.45) is 1.64. The summed E-state index contributed by atoms with van der Waals surface area (Å²) >= 11 is 0. The fourth-order valence-corrected chi connectivity index (χ4v) is 9.80. The summed E-state index contributed by atoms with van der Waals surface area (Å²) in [5.41, 5.74) is 0.757. The van der Waals surface area contributed by atoms with E-state index >= 15 is 0 Å². The number of carbonyl (C=O) groups is 12. The van der Waals surface area contributed by atoms with Crippen LogP contribution in [0.3, 0.4) is 0 Å². The van der Waals surface area contributed by atoms with Crippen LogP contribution in [0.5, 0.6) is 0 Å². The van der Waals surface area contributed by atoms with Crippen LogP contribution in [0.2, 0.25) is 0 Å². The highest BCUT2D eigenvalue weighted by atomic mass is 16.3. The monoisotopic (exact) mass is 1150 g/mol. The van der Waals surface area contributed by atoms with Crippen LogP contribution >= 0.6 is 0 Å². The van der Waals surface area contributed by atoms with Gasteiger partial charge in [-0.15, -0.1) is 0 Å². The summed E-state index contributed by atoms with van der Waals surface area (Å²) in [6, 6.07) is -8.77. The van der Waals surface area contributed by atoms with E-state index in [1.165, 1.54) is 58.3 Å². The number of nitrogens with zero attached hydrogens (tertiary/aromatic N) is 2. The molecule has 0 aromatic carbocycles. The molecule has 0 saturated carbocycles. The van der Waals surface area contributed by atoms with Gasteiger partial charge in [0, 0.05) is 20.0 Å². The molecule has 460 valence electrons. The maximum Gasteiger partial charge on any atom is 0.248 e. The molecule has 0 aliphatic carbocycles. The lowest BCUT2D eigenvalue weighted by Gasteiger charge is -2.36. The second-order valence-corrected chi connectivity index (χ2v) is 25.1. The normalized spacial score (nSPS) is 18.4. The van der Waals surface area contributed by atoms with Gasteiger partial charge < -0.3 is 68.5 Å². The standard InChI is InChI=1S/C56H98N12O13/c1-18-33(10)43(63-45(73)37(27-41(57)71)61-51(79)54(12,13)64-34(11)70)49(77)62-42(32(8)9)50(78)66-56(16,17)53(81)67-23-19-21-39(67)47(75)59-35(25-29(2)3)44(72)58-36(26-30(4)5)46(74)65-55(14,15)52(80)68-24-20-22-40(68)48(76)60-38(28-69)31(6)7/h29-33,35-40,42-43,69H,18-28H2,1-17H3,(H2,57,71)(H,58,72)(H,59,75)(H,60,76)(H,61,79)(H,62,77)(H,63,73)(H,64,70)(H,65,74)(H,66,78)/t33-,35-,36-,37-,38+,39-,40-,42-,43-/m0/s1. The molecule has 2 saturated heterocycles. The highest BCUT2D eigenvalue weighted by molar-refractivity contribution is 6.01. The molecule has 0 aromatic rings. The van der Waals surface area contributed by atoms with Crippen molar-refractivity contribution in [1.82, 2.24) is 57.7 Å². The van der Waals surface area contributed by atoms with Crippen molar-refractivity contribution in [2.45, 2.75) is 234 Å². The predicted molar refractivity (Wildman–Crippen MR) is 302 cm³/mol. The predicted octanol–water partition coefficient (Wildman–Crippen LogP) is -0.101. The lowest BCUT2D eigenvalue weighted by Crippen LogP contribution is -2.64. The van der Waals surface area contributed by atoms with Crippen LogP contribution in [0.1, 0.15) is 169 Å². The van der Waals surface area contributed by atoms with Crippen molar-refractivity contribution in [1.29, 1.82) is 0 Å². The van der Waals surface area contributed by atoms with E-state index in [2.05, 4.69) is 47.9 Å². The van der Waals surface area contributed by atoms with Crippen LogP contribution in [0.4, 0.5) is 0 Å². The number of primary amides is 1. The van der Waals surface area contributed by atoms with Crippen LogP contribution < -0.4 is 53.6 Å². The number of hydrogen-bond donors (Lipinski definition) is 11. The Kier molecular flexibility index (Phi) is 26.7. The molecule has 9 atom stereocenters. The van der Waals surface area contributed by atoms with Gasteiger partial charge in [-0.25, -0.2) is 0 Å². The molecule has 2 fully saturated rings. The van der Waals surface area contributed by atoms with Crippen molar-refractivity contribution in [3.8, 4) is 0 Å². The fraction of sp³-hybridized carbons (Fsp3) is 0.786. The Morgan fingerprint density at radius 2 is 0.975 bits per heavy atom. The average molecular weight is 1150 g/mol. The molecule has 81 heavy (non-hydrogen) atoms. The average Bonchev–Trinajstić information content (AvgIpc) is 4.05. The van der Waals surface area contributed by atoms with Gasteiger partial charge in [0.05, 0.1) is 19.1 Å². The zero-order valence-corrected chi connectivity index (χ0v) is 51.1. The lowest BCUT2D eigenvalue weighted by atomic mass is 9.95. The van der Waals surface area contributed by atoms with E-state index in [1.807, 2.05) is 41.5 Å². The van der Waals surface area contributed by atoms with Crippen molar-refractivity contribution in [2.75, 3.05) is 19.7 Å². The molecule has 25 nitrogen and oxygen atoms in total. The van der Waals surface area contributed by atoms with E-state index < -0.39 is 154 Å². The number of aliphatic hydroxyl groups excluding tert-OH is 1. The molecule has 25 heteroatoms. The van der Waals surface area contributed by atoms with Gasteiger partial charge in [0.1, 0.15) is 58.9 Å². The van der Waals surface area contributed by atoms with E-state index in [9.17, 15) is 62.6 Å². The van der Waals surface area contributed by atoms with E-state index in [4.69, 9.17) is 5.73 Å². The van der Waals surface area contributed by atoms with E-state index in [0.29, 0.717) is 25.7 Å². The molecule has 0 radical (unpaired) electrons. The number of rotatable bonds is 30. The summed E-state index contributed by atoms with van der Waals surface area (Å²) in [5.74, 6) is -9.61. The first-order valence-electron chi connectivity index (χ1n) is 28.6. The SMILES string of the molecule is CC[C@H](C)[C@H](NC(=O)[C@H](CC(N)=O)NC(=O)C(C)(C)NC(C)=O)C(=O)N[C@H](C(=O)NC(C)(C)C(=O)N1CCC[C@H]1C(=O)N[C@@H](CC(C)C)C(=O)N[C@@H](CC(C)C)C(=O)NC(C)(C)C(=O)N1CCC[C@H]1C(=O)N[C@H](CO)C(C)C)C(C)C. The van der Waals surface area contributed by atoms with E-state index in [0.717, 1.165) is 0 Å². The highest BCUT2D eigenvalue weighted by Gasteiger charge is 2.46. The first-order valence-corrected chi connectivity index (χ1v) is 28.6.